The molecule has 0 unspecified atom stereocenters. The number of allylic oxidation sites excluding steroid dienone is 1. The maximum absolute atomic E-state index is 10.2. The summed E-state index contributed by atoms with van der Waals surface area (Å²) in [5.41, 5.74) is -0.192. The van der Waals surface area contributed by atoms with Gasteiger partial charge >= 0.3 is 0 Å². The Morgan fingerprint density at radius 3 is 2.14 bits per heavy atom. The molecule has 1 atom stereocenters. The van der Waals surface area contributed by atoms with Gasteiger partial charge in [0.05, 0.1) is 13.8 Å². The van der Waals surface area contributed by atoms with Crippen molar-refractivity contribution in [2.45, 2.75) is 57.5 Å². The lowest BCUT2D eigenvalue weighted by Gasteiger charge is -2.39. The van der Waals surface area contributed by atoms with Crippen LogP contribution in [0.25, 0.3) is 0 Å². The summed E-state index contributed by atoms with van der Waals surface area (Å²) in [7, 11) is -1.58. The van der Waals surface area contributed by atoms with Crippen molar-refractivity contribution in [2.24, 2.45) is 5.92 Å². The molecule has 82 valence electrons. The first kappa shape index (κ1) is 12.0. The molecule has 0 aromatic rings. The third-order valence-electron chi connectivity index (χ3n) is 3.86. The summed E-state index contributed by atoms with van der Waals surface area (Å²) in [6, 6.07) is 0. The van der Waals surface area contributed by atoms with Crippen molar-refractivity contribution in [1.82, 2.24) is 0 Å². The van der Waals surface area contributed by atoms with Crippen molar-refractivity contribution in [3.8, 4) is 0 Å². The first-order chi connectivity index (χ1) is 6.25. The van der Waals surface area contributed by atoms with Gasteiger partial charge in [-0.3, -0.25) is 0 Å². The van der Waals surface area contributed by atoms with Crippen LogP contribution in [0.4, 0.5) is 0 Å². The topological polar surface area (TPSA) is 20.2 Å². The van der Waals surface area contributed by atoms with Gasteiger partial charge in [-0.25, -0.2) is 0 Å². The van der Waals surface area contributed by atoms with E-state index in [1.165, 1.54) is 12.8 Å². The number of hydrogen-bond acceptors (Lipinski definition) is 1. The van der Waals surface area contributed by atoms with Crippen LogP contribution < -0.4 is 0 Å². The molecule has 0 radical (unpaired) electrons. The van der Waals surface area contributed by atoms with Gasteiger partial charge in [-0.2, -0.15) is 0 Å². The standard InChI is InChI=1S/C12H24OSi/c1-12(2,3)14(4,5)11(13)9-8-10-6-7-10/h8-11,13H,6-7H2,1-5H3/b9-8+/t11-/m0/s1. The number of aliphatic hydroxyl groups is 1. The summed E-state index contributed by atoms with van der Waals surface area (Å²) in [5, 5.41) is 10.4. The highest BCUT2D eigenvalue weighted by atomic mass is 28.3. The van der Waals surface area contributed by atoms with Gasteiger partial charge in [-0.15, -0.1) is 0 Å². The lowest BCUT2D eigenvalue weighted by atomic mass is 10.2. The maximum atomic E-state index is 10.2. The Morgan fingerprint density at radius 2 is 1.79 bits per heavy atom. The zero-order chi connectivity index (χ0) is 11.0. The Hall–Kier alpha value is -0.0831. The van der Waals surface area contributed by atoms with Gasteiger partial charge in [0.25, 0.3) is 0 Å². The minimum absolute atomic E-state index is 0.192. The van der Waals surface area contributed by atoms with Crippen LogP contribution in [-0.2, 0) is 0 Å². The fourth-order valence-electron chi connectivity index (χ4n) is 1.24. The van der Waals surface area contributed by atoms with E-state index < -0.39 is 8.07 Å². The lowest BCUT2D eigenvalue weighted by molar-refractivity contribution is 0.283. The highest BCUT2D eigenvalue weighted by molar-refractivity contribution is 6.81. The number of hydrogen-bond donors (Lipinski definition) is 1. The van der Waals surface area contributed by atoms with Crippen LogP contribution >= 0.6 is 0 Å². The van der Waals surface area contributed by atoms with Gasteiger partial charge in [-0.1, -0.05) is 46.0 Å². The molecule has 1 nitrogen and oxygen atoms in total. The van der Waals surface area contributed by atoms with Crippen molar-refractivity contribution < 1.29 is 5.11 Å². The third-order valence-corrected chi connectivity index (χ3v) is 9.40. The molecule has 0 aromatic heterocycles. The second-order valence-electron chi connectivity index (χ2n) is 6.14. The van der Waals surface area contributed by atoms with Crippen LogP contribution in [0.5, 0.6) is 0 Å². The highest BCUT2D eigenvalue weighted by Crippen LogP contribution is 2.39. The third kappa shape index (κ3) is 2.70. The van der Waals surface area contributed by atoms with Gasteiger partial charge in [-0.05, 0) is 23.8 Å². The normalized spacial score (nSPS) is 21.6. The molecule has 0 heterocycles. The molecule has 0 saturated heterocycles. The Morgan fingerprint density at radius 1 is 1.29 bits per heavy atom. The number of aliphatic hydroxyl groups excluding tert-OH is 1. The fourth-order valence-corrected chi connectivity index (χ4v) is 2.71. The van der Waals surface area contributed by atoms with E-state index >= 15 is 0 Å². The van der Waals surface area contributed by atoms with Crippen LogP contribution in [0.3, 0.4) is 0 Å². The second-order valence-corrected chi connectivity index (χ2v) is 11.7. The predicted molar refractivity (Wildman–Crippen MR) is 65.1 cm³/mol. The first-order valence-electron chi connectivity index (χ1n) is 5.61. The van der Waals surface area contributed by atoms with Gasteiger partial charge in [0.1, 0.15) is 0 Å². The SMILES string of the molecule is CC(C)(C)[Si](C)(C)[C@H](O)/C=C/C1CC1. The Balaban J connectivity index is 2.60. The van der Waals surface area contributed by atoms with E-state index in [0.29, 0.717) is 0 Å². The number of rotatable bonds is 3. The monoisotopic (exact) mass is 212 g/mol. The lowest BCUT2D eigenvalue weighted by Crippen LogP contribution is -2.48. The van der Waals surface area contributed by atoms with Crippen LogP contribution in [0.2, 0.25) is 18.1 Å². The van der Waals surface area contributed by atoms with E-state index in [1.54, 1.807) is 0 Å². The van der Waals surface area contributed by atoms with E-state index in [2.05, 4.69) is 46.0 Å². The van der Waals surface area contributed by atoms with Crippen molar-refractivity contribution in [1.29, 1.82) is 0 Å². The molecule has 0 amide bonds. The minimum Gasteiger partial charge on any atom is -0.393 e. The quantitative estimate of drug-likeness (QED) is 0.562. The average molecular weight is 212 g/mol. The van der Waals surface area contributed by atoms with E-state index in [1.807, 2.05) is 0 Å². The molecule has 1 N–H and O–H groups in total. The predicted octanol–water partition coefficient (Wildman–Crippen LogP) is 3.36. The Kier molecular flexibility index (Phi) is 3.27. The second kappa shape index (κ2) is 3.82. The van der Waals surface area contributed by atoms with Crippen molar-refractivity contribution >= 4 is 8.07 Å². The molecule has 0 spiro atoms. The molecule has 1 rings (SSSR count). The smallest absolute Gasteiger partial charge is 0.0914 e. The van der Waals surface area contributed by atoms with Crippen LogP contribution in [0, 0.1) is 5.92 Å². The highest BCUT2D eigenvalue weighted by Gasteiger charge is 2.40. The van der Waals surface area contributed by atoms with Crippen LogP contribution in [0.15, 0.2) is 12.2 Å². The zero-order valence-electron chi connectivity index (χ0n) is 10.2. The van der Waals surface area contributed by atoms with Crippen LogP contribution in [-0.4, -0.2) is 18.9 Å². The molecule has 1 fully saturated rings. The largest absolute Gasteiger partial charge is 0.393 e. The van der Waals surface area contributed by atoms with Gasteiger partial charge in [0, 0.05) is 0 Å². The van der Waals surface area contributed by atoms with Crippen molar-refractivity contribution in [3.63, 3.8) is 0 Å². The first-order valence-corrected chi connectivity index (χ1v) is 8.69. The van der Waals surface area contributed by atoms with Crippen molar-refractivity contribution in [3.05, 3.63) is 12.2 Å². The fraction of sp³-hybridized carbons (Fsp3) is 0.833. The molecular weight excluding hydrogens is 188 g/mol. The van der Waals surface area contributed by atoms with E-state index in [9.17, 15) is 5.11 Å². The summed E-state index contributed by atoms with van der Waals surface area (Å²) < 4.78 is 0. The molecule has 0 aliphatic heterocycles. The van der Waals surface area contributed by atoms with Crippen molar-refractivity contribution in [2.75, 3.05) is 0 Å². The molecule has 1 aliphatic carbocycles. The average Bonchev–Trinajstić information content (AvgIpc) is 2.80. The Labute approximate surface area is 89.2 Å². The van der Waals surface area contributed by atoms with Crippen LogP contribution in [0.1, 0.15) is 33.6 Å². The molecule has 14 heavy (non-hydrogen) atoms. The van der Waals surface area contributed by atoms with Gasteiger partial charge in [0.15, 0.2) is 0 Å². The molecule has 2 heteroatoms. The summed E-state index contributed by atoms with van der Waals surface area (Å²) in [4.78, 5) is 0. The van der Waals surface area contributed by atoms with E-state index in [4.69, 9.17) is 0 Å². The summed E-state index contributed by atoms with van der Waals surface area (Å²) in [5.74, 6) is 0.773. The van der Waals surface area contributed by atoms with Gasteiger partial charge in [0.2, 0.25) is 0 Å². The molecule has 0 aromatic carbocycles. The molecule has 1 saturated carbocycles. The summed E-state index contributed by atoms with van der Waals surface area (Å²) in [6.07, 6.45) is 6.90. The minimum atomic E-state index is -1.58. The molecule has 1 aliphatic rings. The molecule has 0 bridgehead atoms. The Bertz CT molecular complexity index is 221. The summed E-state index contributed by atoms with van der Waals surface area (Å²) in [6.45, 7) is 11.3. The maximum Gasteiger partial charge on any atom is 0.0914 e. The molecular formula is C12H24OSi. The van der Waals surface area contributed by atoms with Gasteiger partial charge < -0.3 is 5.11 Å². The van der Waals surface area contributed by atoms with E-state index in [-0.39, 0.29) is 10.8 Å². The zero-order valence-corrected chi connectivity index (χ0v) is 11.2. The van der Waals surface area contributed by atoms with E-state index in [0.717, 1.165) is 5.92 Å². The summed E-state index contributed by atoms with van der Waals surface area (Å²) >= 11 is 0.